The molecule has 2 amide bonds. The first-order chi connectivity index (χ1) is 15.8. The van der Waals surface area contributed by atoms with Gasteiger partial charge in [-0.1, -0.05) is 24.3 Å². The van der Waals surface area contributed by atoms with Gasteiger partial charge in [0.2, 0.25) is 5.91 Å². The maximum atomic E-state index is 13.2. The third-order valence-corrected chi connectivity index (χ3v) is 5.63. The number of benzene rings is 2. The minimum absolute atomic E-state index is 0.0378. The van der Waals surface area contributed by atoms with Gasteiger partial charge in [-0.15, -0.1) is 0 Å². The Balaban J connectivity index is 1.71. The average molecular weight is 479 g/mol. The van der Waals surface area contributed by atoms with Crippen LogP contribution >= 0.6 is 0 Å². The number of ether oxygens (including phenoxy) is 1. The topological polar surface area (TPSA) is 90.9 Å². The molecule has 1 unspecified atom stereocenters. The van der Waals surface area contributed by atoms with Crippen LogP contribution in [0.5, 0.6) is 0 Å². The predicted molar refractivity (Wildman–Crippen MR) is 121 cm³/mol. The molecule has 1 atom stereocenters. The van der Waals surface area contributed by atoms with E-state index in [-0.39, 0.29) is 31.9 Å². The van der Waals surface area contributed by atoms with Crippen LogP contribution in [0.4, 0.5) is 29.3 Å². The predicted octanol–water partition coefficient (Wildman–Crippen LogP) is 5.00. The zero-order valence-corrected chi connectivity index (χ0v) is 19.2. The minimum Gasteiger partial charge on any atom is -0.465 e. The number of hydrogen-bond acceptors (Lipinski definition) is 4. The lowest BCUT2D eigenvalue weighted by Crippen LogP contribution is -2.66. The first kappa shape index (κ1) is 25.4. The van der Waals surface area contributed by atoms with E-state index >= 15 is 0 Å². The minimum atomic E-state index is -4.48. The molecule has 3 rings (SSSR count). The van der Waals surface area contributed by atoms with E-state index in [0.717, 1.165) is 11.0 Å². The molecular weight excluding hydrogens is 451 g/mol. The molecule has 0 aliphatic carbocycles. The number of nitrogens with zero attached hydrogens (tertiary/aromatic N) is 1. The molecule has 7 nitrogen and oxygen atoms in total. The summed E-state index contributed by atoms with van der Waals surface area (Å²) in [7, 11) is 0. The Bertz CT molecular complexity index is 1030. The highest BCUT2D eigenvalue weighted by molar-refractivity contribution is 5.90. The molecule has 0 spiro atoms. The number of carbonyl (C=O) groups is 2. The Labute approximate surface area is 195 Å². The lowest BCUT2D eigenvalue weighted by atomic mass is 9.89. The molecule has 0 saturated carbocycles. The molecule has 184 valence electrons. The first-order valence-electron chi connectivity index (χ1n) is 10.8. The summed E-state index contributed by atoms with van der Waals surface area (Å²) in [6, 6.07) is 11.8. The van der Waals surface area contributed by atoms with E-state index in [0.29, 0.717) is 11.3 Å². The fourth-order valence-electron chi connectivity index (χ4n) is 4.17. The summed E-state index contributed by atoms with van der Waals surface area (Å²) >= 11 is 0. The summed E-state index contributed by atoms with van der Waals surface area (Å²) in [4.78, 5) is 26.3. The number of alkyl halides is 3. The van der Waals surface area contributed by atoms with E-state index in [1.54, 1.807) is 45.0 Å². The van der Waals surface area contributed by atoms with E-state index in [9.17, 15) is 27.9 Å². The number of hydrogen-bond donors (Lipinski definition) is 3. The summed E-state index contributed by atoms with van der Waals surface area (Å²) < 4.78 is 45.0. The number of para-hydroxylation sites is 1. The van der Waals surface area contributed by atoms with Crippen LogP contribution < -0.4 is 10.6 Å². The standard InChI is InChI=1S/C24H28F3N3O4/c1-22(2,3)30(21(32)33)23(12-13-34-15-23)20(31)28-14-16-8-10-17(11-9-16)29-19-7-5-4-6-18(19)24(25,26)27/h4-11,29H,12-15H2,1-3H3,(H,28,31)(H,32,33). The van der Waals surface area contributed by atoms with Crippen LogP contribution in [0.1, 0.15) is 38.3 Å². The maximum Gasteiger partial charge on any atom is 0.418 e. The van der Waals surface area contributed by atoms with Gasteiger partial charge in [-0.3, -0.25) is 9.69 Å². The molecule has 1 saturated heterocycles. The van der Waals surface area contributed by atoms with Crippen LogP contribution in [0, 0.1) is 0 Å². The molecular formula is C24H28F3N3O4. The van der Waals surface area contributed by atoms with Crippen molar-refractivity contribution >= 4 is 23.4 Å². The van der Waals surface area contributed by atoms with E-state index in [4.69, 9.17) is 4.74 Å². The maximum absolute atomic E-state index is 13.2. The number of carbonyl (C=O) groups excluding carboxylic acids is 1. The van der Waals surface area contributed by atoms with Crippen LogP contribution in [-0.2, 0) is 22.3 Å². The molecule has 1 heterocycles. The lowest BCUT2D eigenvalue weighted by molar-refractivity contribution is -0.137. The SMILES string of the molecule is CC(C)(C)N(C(=O)O)C1(C(=O)NCc2ccc(Nc3ccccc3C(F)(F)F)cc2)CCOC1. The van der Waals surface area contributed by atoms with Gasteiger partial charge in [-0.05, 0) is 50.6 Å². The van der Waals surface area contributed by atoms with E-state index in [1.165, 1.54) is 18.2 Å². The first-order valence-corrected chi connectivity index (χ1v) is 10.8. The van der Waals surface area contributed by atoms with Crippen molar-refractivity contribution in [1.29, 1.82) is 0 Å². The van der Waals surface area contributed by atoms with Gasteiger partial charge in [0.25, 0.3) is 0 Å². The van der Waals surface area contributed by atoms with Crippen LogP contribution in [-0.4, -0.2) is 46.3 Å². The summed E-state index contributed by atoms with van der Waals surface area (Å²) in [6.07, 6.45) is -5.45. The van der Waals surface area contributed by atoms with E-state index in [1.807, 2.05) is 0 Å². The molecule has 0 radical (unpaired) electrons. The van der Waals surface area contributed by atoms with Crippen molar-refractivity contribution in [2.45, 2.75) is 51.0 Å². The van der Waals surface area contributed by atoms with Crippen LogP contribution in [0.25, 0.3) is 0 Å². The number of amides is 2. The second kappa shape index (κ2) is 9.54. The molecule has 10 heteroatoms. The number of carboxylic acid groups (broad SMARTS) is 1. The quantitative estimate of drug-likeness (QED) is 0.542. The fraction of sp³-hybridized carbons (Fsp3) is 0.417. The Hall–Kier alpha value is -3.27. The molecule has 1 aliphatic rings. The number of anilines is 2. The molecule has 3 N–H and O–H groups in total. The van der Waals surface area contributed by atoms with Gasteiger partial charge in [0, 0.05) is 30.8 Å². The monoisotopic (exact) mass is 479 g/mol. The summed E-state index contributed by atoms with van der Waals surface area (Å²) in [6.45, 7) is 5.51. The Kier molecular flexibility index (Phi) is 7.11. The molecule has 1 fully saturated rings. The van der Waals surface area contributed by atoms with Crippen molar-refractivity contribution in [2.24, 2.45) is 0 Å². The van der Waals surface area contributed by atoms with Gasteiger partial charge >= 0.3 is 12.3 Å². The highest BCUT2D eigenvalue weighted by Gasteiger charge is 2.53. The number of halogens is 3. The normalized spacial score (nSPS) is 18.4. The summed E-state index contributed by atoms with van der Waals surface area (Å²) in [5.74, 6) is -0.455. The smallest absolute Gasteiger partial charge is 0.418 e. The second-order valence-electron chi connectivity index (χ2n) is 9.17. The zero-order valence-electron chi connectivity index (χ0n) is 19.2. The van der Waals surface area contributed by atoms with Gasteiger partial charge in [0.1, 0.15) is 0 Å². The highest BCUT2D eigenvalue weighted by Crippen LogP contribution is 2.36. The largest absolute Gasteiger partial charge is 0.465 e. The second-order valence-corrected chi connectivity index (χ2v) is 9.17. The lowest BCUT2D eigenvalue weighted by Gasteiger charge is -2.44. The van der Waals surface area contributed by atoms with Gasteiger partial charge in [0.05, 0.1) is 17.9 Å². The van der Waals surface area contributed by atoms with Crippen molar-refractivity contribution in [2.75, 3.05) is 18.5 Å². The van der Waals surface area contributed by atoms with Crippen LogP contribution in [0.2, 0.25) is 0 Å². The molecule has 0 aromatic heterocycles. The average Bonchev–Trinajstić information content (AvgIpc) is 3.21. The Morgan fingerprint density at radius 1 is 1.09 bits per heavy atom. The zero-order chi connectivity index (χ0) is 25.1. The Morgan fingerprint density at radius 2 is 1.74 bits per heavy atom. The van der Waals surface area contributed by atoms with Crippen molar-refractivity contribution in [3.63, 3.8) is 0 Å². The van der Waals surface area contributed by atoms with Crippen molar-refractivity contribution in [3.05, 3.63) is 59.7 Å². The fourth-order valence-corrected chi connectivity index (χ4v) is 4.17. The molecule has 34 heavy (non-hydrogen) atoms. The third kappa shape index (κ3) is 5.44. The third-order valence-electron chi connectivity index (χ3n) is 5.63. The van der Waals surface area contributed by atoms with Crippen LogP contribution in [0.3, 0.4) is 0 Å². The molecule has 2 aromatic rings. The van der Waals surface area contributed by atoms with Crippen molar-refractivity contribution in [3.8, 4) is 0 Å². The van der Waals surface area contributed by atoms with Gasteiger partial charge < -0.3 is 20.5 Å². The molecule has 2 aromatic carbocycles. The molecule has 0 bridgehead atoms. The summed E-state index contributed by atoms with van der Waals surface area (Å²) in [5.41, 5.74) is -1.83. The highest BCUT2D eigenvalue weighted by atomic mass is 19.4. The van der Waals surface area contributed by atoms with E-state index < -0.39 is 34.8 Å². The Morgan fingerprint density at radius 3 is 2.26 bits per heavy atom. The van der Waals surface area contributed by atoms with Crippen LogP contribution in [0.15, 0.2) is 48.5 Å². The van der Waals surface area contributed by atoms with Crippen molar-refractivity contribution in [1.82, 2.24) is 10.2 Å². The molecule has 1 aliphatic heterocycles. The van der Waals surface area contributed by atoms with Gasteiger partial charge in [-0.2, -0.15) is 13.2 Å². The number of nitrogens with one attached hydrogen (secondary N) is 2. The van der Waals surface area contributed by atoms with Gasteiger partial charge in [0.15, 0.2) is 5.54 Å². The van der Waals surface area contributed by atoms with Gasteiger partial charge in [-0.25, -0.2) is 4.79 Å². The number of rotatable bonds is 6. The van der Waals surface area contributed by atoms with Crippen molar-refractivity contribution < 1.29 is 32.6 Å². The van der Waals surface area contributed by atoms with E-state index in [2.05, 4.69) is 10.6 Å². The summed E-state index contributed by atoms with van der Waals surface area (Å²) in [5, 5.41) is 15.4.